The lowest BCUT2D eigenvalue weighted by molar-refractivity contribution is 0.462. The van der Waals surface area contributed by atoms with Gasteiger partial charge < -0.3 is 4.74 Å². The zero-order valence-electron chi connectivity index (χ0n) is 19.6. The van der Waals surface area contributed by atoms with E-state index >= 15 is 0 Å². The summed E-state index contributed by atoms with van der Waals surface area (Å²) in [6.45, 7) is 2.07. The van der Waals surface area contributed by atoms with E-state index in [1.807, 2.05) is 42.5 Å². The number of halogens is 1. The third-order valence-corrected chi connectivity index (χ3v) is 6.74. The first kappa shape index (κ1) is 22.4. The highest BCUT2D eigenvalue weighted by Crippen LogP contribution is 2.39. The molecule has 6 rings (SSSR count). The van der Waals surface area contributed by atoms with E-state index in [1.165, 1.54) is 12.1 Å². The van der Waals surface area contributed by atoms with E-state index in [0.717, 1.165) is 63.7 Å². The maximum Gasteiger partial charge on any atom is 0.218 e. The first-order valence-corrected chi connectivity index (χ1v) is 12.7. The molecule has 1 aliphatic rings. The Labute approximate surface area is 211 Å². The van der Waals surface area contributed by atoms with Gasteiger partial charge in [-0.25, -0.2) is 24.3 Å². The molecule has 0 unspecified atom stereocenters. The van der Waals surface area contributed by atoms with Crippen LogP contribution in [0.4, 0.5) is 4.39 Å². The second-order valence-corrected chi connectivity index (χ2v) is 9.53. The van der Waals surface area contributed by atoms with Gasteiger partial charge in [0, 0.05) is 29.6 Å². The normalized spacial score (nSPS) is 13.9. The van der Waals surface area contributed by atoms with Crippen molar-refractivity contribution in [1.82, 2.24) is 24.5 Å². The smallest absolute Gasteiger partial charge is 0.218 e. The van der Waals surface area contributed by atoms with Crippen LogP contribution in [0.15, 0.2) is 84.3 Å². The highest BCUT2D eigenvalue weighted by atomic mass is 32.2. The number of para-hydroxylation sites is 1. The molecule has 0 bridgehead atoms. The zero-order chi connectivity index (χ0) is 24.5. The lowest BCUT2D eigenvalue weighted by Gasteiger charge is -2.11. The summed E-state index contributed by atoms with van der Waals surface area (Å²) < 4.78 is 21.8. The molecular weight excluding hydrogens is 473 g/mol. The van der Waals surface area contributed by atoms with Crippen LogP contribution < -0.4 is 4.74 Å². The predicted octanol–water partition coefficient (Wildman–Crippen LogP) is 6.63. The molecule has 0 saturated carbocycles. The Morgan fingerprint density at radius 1 is 0.972 bits per heavy atom. The van der Waals surface area contributed by atoms with Crippen molar-refractivity contribution in [1.29, 1.82) is 0 Å². The van der Waals surface area contributed by atoms with Crippen LogP contribution in [-0.2, 0) is 6.42 Å². The van der Waals surface area contributed by atoms with Gasteiger partial charge in [-0.15, -0.1) is 0 Å². The SMILES string of the molecule is CCSc1nccc(-c2c(-c3ccc(F)cc3)nc3n2/C(=C/Oc2ccc4ccccc4n2)CC3)n1. The Balaban J connectivity index is 1.44. The minimum absolute atomic E-state index is 0.285. The standard InChI is InChI=1S/C28H22FN5OS/c1-2-36-28-30-16-15-23(32-28)27-26(19-7-10-20(29)11-8-19)33-24-13-12-21(34(24)27)17-35-25-14-9-18-5-3-4-6-22(18)31-25/h3-11,14-17H,2,12-13H2,1H3/b21-17+. The zero-order valence-corrected chi connectivity index (χ0v) is 20.4. The van der Waals surface area contributed by atoms with Gasteiger partial charge in [-0.1, -0.05) is 36.9 Å². The van der Waals surface area contributed by atoms with E-state index in [4.69, 9.17) is 14.7 Å². The van der Waals surface area contributed by atoms with Gasteiger partial charge in [0.2, 0.25) is 5.88 Å². The first-order chi connectivity index (χ1) is 17.7. The molecule has 4 heterocycles. The number of nitrogens with zero attached hydrogens (tertiary/aromatic N) is 5. The molecule has 0 spiro atoms. The largest absolute Gasteiger partial charge is 0.445 e. The molecule has 0 N–H and O–H groups in total. The van der Waals surface area contributed by atoms with Gasteiger partial charge in [0.1, 0.15) is 17.9 Å². The Hall–Kier alpha value is -4.04. The molecule has 3 aromatic heterocycles. The fraction of sp³-hybridized carbons (Fsp3) is 0.143. The fourth-order valence-corrected chi connectivity index (χ4v) is 4.92. The number of fused-ring (bicyclic) bond motifs is 2. The molecule has 0 fully saturated rings. The number of aryl methyl sites for hydroxylation is 1. The maximum absolute atomic E-state index is 13.7. The average Bonchev–Trinajstić information content (AvgIpc) is 3.48. The number of benzene rings is 2. The lowest BCUT2D eigenvalue weighted by Crippen LogP contribution is -2.01. The number of hydrogen-bond donors (Lipinski definition) is 0. The van der Waals surface area contributed by atoms with Crippen molar-refractivity contribution in [2.75, 3.05) is 5.75 Å². The topological polar surface area (TPSA) is 65.7 Å². The van der Waals surface area contributed by atoms with Gasteiger partial charge in [0.05, 0.1) is 28.3 Å². The van der Waals surface area contributed by atoms with Crippen molar-refractivity contribution in [3.63, 3.8) is 0 Å². The van der Waals surface area contributed by atoms with Gasteiger partial charge in [-0.3, -0.25) is 4.57 Å². The second kappa shape index (κ2) is 9.54. The summed E-state index contributed by atoms with van der Waals surface area (Å²) >= 11 is 1.58. The van der Waals surface area contributed by atoms with Crippen LogP contribution in [0.25, 0.3) is 39.2 Å². The third-order valence-electron chi connectivity index (χ3n) is 5.99. The molecule has 2 aromatic carbocycles. The van der Waals surface area contributed by atoms with Crippen LogP contribution >= 0.6 is 11.8 Å². The number of thioether (sulfide) groups is 1. The Kier molecular flexibility index (Phi) is 5.95. The van der Waals surface area contributed by atoms with Gasteiger partial charge in [-0.05, 0) is 54.6 Å². The molecule has 1 aliphatic heterocycles. The van der Waals surface area contributed by atoms with Crippen LogP contribution in [0.1, 0.15) is 19.2 Å². The summed E-state index contributed by atoms with van der Waals surface area (Å²) in [7, 11) is 0. The maximum atomic E-state index is 13.7. The minimum atomic E-state index is -0.285. The van der Waals surface area contributed by atoms with Gasteiger partial charge in [0.15, 0.2) is 5.16 Å². The van der Waals surface area contributed by atoms with Crippen LogP contribution in [0.2, 0.25) is 0 Å². The highest BCUT2D eigenvalue weighted by molar-refractivity contribution is 7.99. The van der Waals surface area contributed by atoms with E-state index in [2.05, 4.69) is 21.5 Å². The molecular formula is C28H22FN5OS. The van der Waals surface area contributed by atoms with E-state index in [-0.39, 0.29) is 5.82 Å². The molecule has 5 aromatic rings. The minimum Gasteiger partial charge on any atom is -0.445 e. The van der Waals surface area contributed by atoms with Crippen molar-refractivity contribution >= 4 is 28.4 Å². The number of rotatable bonds is 6. The number of aromatic nitrogens is 5. The van der Waals surface area contributed by atoms with Crippen LogP contribution in [0, 0.1) is 5.82 Å². The molecule has 178 valence electrons. The number of pyridine rings is 1. The summed E-state index contributed by atoms with van der Waals surface area (Å²) in [6, 6.07) is 20.1. The quantitative estimate of drug-likeness (QED) is 0.150. The van der Waals surface area contributed by atoms with E-state index in [1.54, 1.807) is 36.4 Å². The lowest BCUT2D eigenvalue weighted by atomic mass is 10.1. The summed E-state index contributed by atoms with van der Waals surface area (Å²) in [5.41, 5.74) is 5.02. The average molecular weight is 496 g/mol. The number of ether oxygens (including phenoxy) is 1. The van der Waals surface area contributed by atoms with Gasteiger partial charge in [-0.2, -0.15) is 0 Å². The summed E-state index contributed by atoms with van der Waals surface area (Å²) in [4.78, 5) is 18.8. The molecule has 0 aliphatic carbocycles. The van der Waals surface area contributed by atoms with E-state index in [0.29, 0.717) is 11.0 Å². The van der Waals surface area contributed by atoms with Crippen LogP contribution in [0.5, 0.6) is 5.88 Å². The summed E-state index contributed by atoms with van der Waals surface area (Å²) in [5, 5.41) is 1.77. The first-order valence-electron chi connectivity index (χ1n) is 11.8. The van der Waals surface area contributed by atoms with E-state index in [9.17, 15) is 4.39 Å². The van der Waals surface area contributed by atoms with Gasteiger partial charge in [0.25, 0.3) is 0 Å². The van der Waals surface area contributed by atoms with Crippen molar-refractivity contribution in [3.8, 4) is 28.5 Å². The van der Waals surface area contributed by atoms with Crippen molar-refractivity contribution in [3.05, 3.63) is 90.8 Å². The van der Waals surface area contributed by atoms with Gasteiger partial charge >= 0.3 is 0 Å². The Bertz CT molecular complexity index is 1600. The van der Waals surface area contributed by atoms with Crippen molar-refractivity contribution < 1.29 is 9.13 Å². The molecule has 36 heavy (non-hydrogen) atoms. The van der Waals surface area contributed by atoms with Crippen molar-refractivity contribution in [2.24, 2.45) is 0 Å². The molecule has 0 saturated heterocycles. The molecule has 0 radical (unpaired) electrons. The second-order valence-electron chi connectivity index (χ2n) is 8.29. The van der Waals surface area contributed by atoms with Crippen molar-refractivity contribution in [2.45, 2.75) is 24.9 Å². The van der Waals surface area contributed by atoms with Crippen LogP contribution in [0.3, 0.4) is 0 Å². The molecule has 0 amide bonds. The summed E-state index contributed by atoms with van der Waals surface area (Å²) in [5.74, 6) is 2.02. The number of hydrogen-bond acceptors (Lipinski definition) is 6. The number of allylic oxidation sites excluding steroid dienone is 1. The monoisotopic (exact) mass is 495 g/mol. The van der Waals surface area contributed by atoms with E-state index < -0.39 is 0 Å². The summed E-state index contributed by atoms with van der Waals surface area (Å²) in [6.07, 6.45) is 5.04. The highest BCUT2D eigenvalue weighted by Gasteiger charge is 2.28. The fourth-order valence-electron chi connectivity index (χ4n) is 4.36. The molecule has 0 atom stereocenters. The Morgan fingerprint density at radius 3 is 2.69 bits per heavy atom. The Morgan fingerprint density at radius 2 is 1.83 bits per heavy atom. The molecule has 8 heteroatoms. The number of imidazole rings is 1. The molecule has 6 nitrogen and oxygen atoms in total. The van der Waals surface area contributed by atoms with Crippen LogP contribution in [-0.4, -0.2) is 30.3 Å². The third kappa shape index (κ3) is 4.24. The predicted molar refractivity (Wildman–Crippen MR) is 140 cm³/mol.